The van der Waals surface area contributed by atoms with Crippen LogP contribution in [-0.4, -0.2) is 35.3 Å². The van der Waals surface area contributed by atoms with Crippen LogP contribution in [0.4, 0.5) is 0 Å². The number of benzene rings is 1. The van der Waals surface area contributed by atoms with Gasteiger partial charge in [-0.1, -0.05) is 0 Å². The second kappa shape index (κ2) is 8.69. The number of Topliss-reactive ketones (excluding diaryl/α,β-unsaturated/α-hetero) is 1. The van der Waals surface area contributed by atoms with E-state index >= 15 is 0 Å². The number of ketones is 1. The number of ether oxygens (including phenoxy) is 2. The maximum atomic E-state index is 13.0. The molecule has 0 saturated heterocycles. The molecule has 3 rings (SSSR count). The Morgan fingerprint density at radius 1 is 1.31 bits per heavy atom. The molecule has 0 bridgehead atoms. The van der Waals surface area contributed by atoms with Crippen molar-refractivity contribution >= 4 is 33.4 Å². The van der Waals surface area contributed by atoms with Crippen molar-refractivity contribution in [2.75, 3.05) is 6.61 Å². The average molecular weight is 464 g/mol. The number of hydrogen-bond donors (Lipinski definition) is 1. The smallest absolute Gasteiger partial charge is 0.336 e. The summed E-state index contributed by atoms with van der Waals surface area (Å²) < 4.78 is 11.5. The molecule has 1 aromatic carbocycles. The SMILES string of the molecule is CCOc1cc([C@@H]2C(C(=O)OC(C)C)=C(C)N=C3CCCC(=O)C32)cc(Br)c1O. The quantitative estimate of drug-likeness (QED) is 0.640. The van der Waals surface area contributed by atoms with Gasteiger partial charge in [0.15, 0.2) is 11.5 Å². The summed E-state index contributed by atoms with van der Waals surface area (Å²) in [5, 5.41) is 10.3. The van der Waals surface area contributed by atoms with Crippen molar-refractivity contribution in [1.82, 2.24) is 0 Å². The van der Waals surface area contributed by atoms with E-state index in [1.807, 2.05) is 6.92 Å². The van der Waals surface area contributed by atoms with Crippen LogP contribution in [0.15, 0.2) is 32.9 Å². The lowest BCUT2D eigenvalue weighted by Gasteiger charge is -2.36. The molecular formula is C22H26BrNO5. The monoisotopic (exact) mass is 463 g/mol. The zero-order chi connectivity index (χ0) is 21.3. The first kappa shape index (κ1) is 21.6. The molecule has 1 fully saturated rings. The number of phenolic OH excluding ortho intramolecular Hbond substituents is 1. The molecule has 2 aliphatic rings. The van der Waals surface area contributed by atoms with E-state index in [2.05, 4.69) is 20.9 Å². The fraction of sp³-hybridized carbons (Fsp3) is 0.500. The summed E-state index contributed by atoms with van der Waals surface area (Å²) in [5.41, 5.74) is 2.49. The molecule has 0 aromatic heterocycles. The number of aliphatic imine (C=N–C) groups is 1. The van der Waals surface area contributed by atoms with E-state index in [1.165, 1.54) is 0 Å². The molecule has 1 heterocycles. The summed E-state index contributed by atoms with van der Waals surface area (Å²) in [6, 6.07) is 3.44. The van der Waals surface area contributed by atoms with Crippen molar-refractivity contribution in [2.24, 2.45) is 10.9 Å². The molecule has 1 aliphatic carbocycles. The zero-order valence-corrected chi connectivity index (χ0v) is 18.7. The second-order valence-corrected chi connectivity index (χ2v) is 8.47. The van der Waals surface area contributed by atoms with E-state index in [1.54, 1.807) is 32.9 Å². The van der Waals surface area contributed by atoms with Crippen LogP contribution in [0, 0.1) is 5.92 Å². The Kier molecular flexibility index (Phi) is 6.46. The summed E-state index contributed by atoms with van der Waals surface area (Å²) in [4.78, 5) is 30.5. The first-order valence-corrected chi connectivity index (χ1v) is 10.7. The third-order valence-corrected chi connectivity index (χ3v) is 5.78. The number of fused-ring (bicyclic) bond motifs is 1. The van der Waals surface area contributed by atoms with E-state index in [0.717, 1.165) is 18.6 Å². The van der Waals surface area contributed by atoms with Crippen molar-refractivity contribution in [3.8, 4) is 11.5 Å². The van der Waals surface area contributed by atoms with Crippen molar-refractivity contribution in [3.63, 3.8) is 0 Å². The Morgan fingerprint density at radius 3 is 2.69 bits per heavy atom. The van der Waals surface area contributed by atoms with Crippen LogP contribution in [0.3, 0.4) is 0 Å². The highest BCUT2D eigenvalue weighted by atomic mass is 79.9. The standard InChI is InChI=1S/C22H26BrNO5/c1-5-28-17-10-13(9-14(23)21(17)26)19-18(22(27)29-11(2)3)12(4)24-15-7-6-8-16(25)20(15)19/h9-11,19-20,26H,5-8H2,1-4H3/t19-,20?/m1/s1. The predicted molar refractivity (Wildman–Crippen MR) is 113 cm³/mol. The fourth-order valence-electron chi connectivity index (χ4n) is 4.06. The summed E-state index contributed by atoms with van der Waals surface area (Å²) in [6.07, 6.45) is 1.67. The van der Waals surface area contributed by atoms with Gasteiger partial charge < -0.3 is 14.6 Å². The number of carbonyl (C=O) groups excluding carboxylic acids is 2. The van der Waals surface area contributed by atoms with Crippen LogP contribution in [0.1, 0.15) is 58.4 Å². The number of halogens is 1. The number of phenols is 1. The molecule has 156 valence electrons. The minimum absolute atomic E-state index is 0.0118. The maximum absolute atomic E-state index is 13.0. The Balaban J connectivity index is 2.19. The number of carbonyl (C=O) groups is 2. The first-order valence-electron chi connectivity index (χ1n) is 9.91. The molecular weight excluding hydrogens is 438 g/mol. The van der Waals surface area contributed by atoms with Gasteiger partial charge in [-0.25, -0.2) is 4.79 Å². The van der Waals surface area contributed by atoms with Gasteiger partial charge in [0.1, 0.15) is 5.78 Å². The zero-order valence-electron chi connectivity index (χ0n) is 17.1. The topological polar surface area (TPSA) is 85.2 Å². The summed E-state index contributed by atoms with van der Waals surface area (Å²) >= 11 is 3.37. The van der Waals surface area contributed by atoms with E-state index in [4.69, 9.17) is 9.47 Å². The van der Waals surface area contributed by atoms with Crippen molar-refractivity contribution in [3.05, 3.63) is 33.4 Å². The van der Waals surface area contributed by atoms with Crippen LogP contribution in [0.2, 0.25) is 0 Å². The predicted octanol–water partition coefficient (Wildman–Crippen LogP) is 4.69. The normalized spacial score (nSPS) is 21.7. The molecule has 0 spiro atoms. The Hall–Kier alpha value is -2.15. The van der Waals surface area contributed by atoms with Gasteiger partial charge in [0.2, 0.25) is 0 Å². The third kappa shape index (κ3) is 4.25. The van der Waals surface area contributed by atoms with Crippen LogP contribution in [0.5, 0.6) is 11.5 Å². The minimum Gasteiger partial charge on any atom is -0.503 e. The van der Waals surface area contributed by atoms with Crippen molar-refractivity contribution in [1.29, 1.82) is 0 Å². The molecule has 1 aliphatic heterocycles. The molecule has 1 N–H and O–H groups in total. The summed E-state index contributed by atoms with van der Waals surface area (Å²) in [6.45, 7) is 7.56. The number of esters is 1. The highest BCUT2D eigenvalue weighted by molar-refractivity contribution is 9.10. The first-order chi connectivity index (χ1) is 13.7. The lowest BCUT2D eigenvalue weighted by molar-refractivity contribution is -0.143. The van der Waals surface area contributed by atoms with E-state index in [9.17, 15) is 14.7 Å². The number of allylic oxidation sites excluding steroid dienone is 1. The molecule has 0 radical (unpaired) electrons. The van der Waals surface area contributed by atoms with Crippen LogP contribution >= 0.6 is 15.9 Å². The van der Waals surface area contributed by atoms with Gasteiger partial charge in [-0.15, -0.1) is 0 Å². The Bertz CT molecular complexity index is 903. The molecule has 1 saturated carbocycles. The minimum atomic E-state index is -0.530. The van der Waals surface area contributed by atoms with Crippen LogP contribution in [0.25, 0.3) is 0 Å². The summed E-state index contributed by atoms with van der Waals surface area (Å²) in [7, 11) is 0. The van der Waals surface area contributed by atoms with Crippen molar-refractivity contribution in [2.45, 2.75) is 59.0 Å². The molecule has 2 atom stereocenters. The Labute approximate surface area is 179 Å². The van der Waals surface area contributed by atoms with E-state index in [0.29, 0.717) is 40.1 Å². The largest absolute Gasteiger partial charge is 0.503 e. The highest BCUT2D eigenvalue weighted by Crippen LogP contribution is 2.46. The molecule has 1 aromatic rings. The van der Waals surface area contributed by atoms with Gasteiger partial charge in [-0.2, -0.15) is 0 Å². The lowest BCUT2D eigenvalue weighted by atomic mass is 9.69. The fourth-order valence-corrected chi connectivity index (χ4v) is 4.52. The van der Waals surface area contributed by atoms with E-state index < -0.39 is 17.8 Å². The molecule has 7 heteroatoms. The van der Waals surface area contributed by atoms with E-state index in [-0.39, 0.29) is 17.6 Å². The van der Waals surface area contributed by atoms with Gasteiger partial charge in [0.05, 0.1) is 28.7 Å². The maximum Gasteiger partial charge on any atom is 0.336 e. The van der Waals surface area contributed by atoms with Gasteiger partial charge in [-0.05, 0) is 74.2 Å². The Morgan fingerprint density at radius 2 is 2.03 bits per heavy atom. The number of hydrogen-bond acceptors (Lipinski definition) is 6. The highest BCUT2D eigenvalue weighted by Gasteiger charge is 2.44. The molecule has 29 heavy (non-hydrogen) atoms. The second-order valence-electron chi connectivity index (χ2n) is 7.61. The third-order valence-electron chi connectivity index (χ3n) is 5.18. The number of aromatic hydroxyl groups is 1. The van der Waals surface area contributed by atoms with Crippen LogP contribution < -0.4 is 4.74 Å². The van der Waals surface area contributed by atoms with Gasteiger partial charge >= 0.3 is 5.97 Å². The number of rotatable bonds is 5. The average Bonchev–Trinajstić information content (AvgIpc) is 2.63. The van der Waals surface area contributed by atoms with Gasteiger partial charge in [0, 0.05) is 23.7 Å². The summed E-state index contributed by atoms with van der Waals surface area (Å²) in [5.74, 6) is -1.14. The number of nitrogens with zero attached hydrogens (tertiary/aromatic N) is 1. The van der Waals surface area contributed by atoms with Gasteiger partial charge in [-0.3, -0.25) is 9.79 Å². The lowest BCUT2D eigenvalue weighted by Crippen LogP contribution is -2.39. The molecule has 6 nitrogen and oxygen atoms in total. The van der Waals surface area contributed by atoms with Gasteiger partial charge in [0.25, 0.3) is 0 Å². The van der Waals surface area contributed by atoms with Crippen molar-refractivity contribution < 1.29 is 24.2 Å². The van der Waals surface area contributed by atoms with Crippen LogP contribution in [-0.2, 0) is 14.3 Å². The molecule has 0 amide bonds. The molecule has 1 unspecified atom stereocenters.